The molecule has 6 heteroatoms. The van der Waals surface area contributed by atoms with Gasteiger partial charge in [0.2, 0.25) is 0 Å². The van der Waals surface area contributed by atoms with E-state index in [9.17, 15) is 8.78 Å². The number of pyridine rings is 1. The van der Waals surface area contributed by atoms with Crippen LogP contribution in [0.15, 0.2) is 36.7 Å². The number of nitrogens with one attached hydrogen (secondary N) is 2. The van der Waals surface area contributed by atoms with Crippen LogP contribution in [0.2, 0.25) is 0 Å². The summed E-state index contributed by atoms with van der Waals surface area (Å²) in [4.78, 5) is 7.32. The van der Waals surface area contributed by atoms with E-state index in [-0.39, 0.29) is 11.0 Å². The SMILES string of the molecule is CC1(COc2ccnc3[nH]cc(-c4cc(F)ccc4F)c23)CCNCC1. The largest absolute Gasteiger partial charge is 0.492 e. The summed E-state index contributed by atoms with van der Waals surface area (Å²) in [6, 6.07) is 5.22. The van der Waals surface area contributed by atoms with Crippen molar-refractivity contribution in [2.75, 3.05) is 19.7 Å². The number of hydrogen-bond donors (Lipinski definition) is 2. The van der Waals surface area contributed by atoms with Gasteiger partial charge in [-0.2, -0.15) is 0 Å². The molecule has 0 aliphatic carbocycles. The first kappa shape index (κ1) is 17.0. The van der Waals surface area contributed by atoms with Crippen molar-refractivity contribution >= 4 is 11.0 Å². The molecule has 2 N–H and O–H groups in total. The highest BCUT2D eigenvalue weighted by molar-refractivity contribution is 5.98. The van der Waals surface area contributed by atoms with Crippen molar-refractivity contribution in [3.63, 3.8) is 0 Å². The summed E-state index contributed by atoms with van der Waals surface area (Å²) < 4.78 is 34.1. The van der Waals surface area contributed by atoms with Gasteiger partial charge in [0.15, 0.2) is 0 Å². The van der Waals surface area contributed by atoms with Gasteiger partial charge in [-0.25, -0.2) is 13.8 Å². The zero-order chi connectivity index (χ0) is 18.1. The van der Waals surface area contributed by atoms with Gasteiger partial charge in [0, 0.05) is 28.9 Å². The monoisotopic (exact) mass is 357 g/mol. The zero-order valence-electron chi connectivity index (χ0n) is 14.6. The van der Waals surface area contributed by atoms with Crippen molar-refractivity contribution < 1.29 is 13.5 Å². The second-order valence-electron chi connectivity index (χ2n) is 7.21. The highest BCUT2D eigenvalue weighted by atomic mass is 19.1. The molecule has 0 amide bonds. The summed E-state index contributed by atoms with van der Waals surface area (Å²) in [7, 11) is 0. The second kappa shape index (κ2) is 6.68. The summed E-state index contributed by atoms with van der Waals surface area (Å²) in [5, 5.41) is 4.03. The topological polar surface area (TPSA) is 49.9 Å². The lowest BCUT2D eigenvalue weighted by Crippen LogP contribution is -2.38. The number of nitrogens with zero attached hydrogens (tertiary/aromatic N) is 1. The molecular weight excluding hydrogens is 336 g/mol. The molecule has 2 aromatic heterocycles. The van der Waals surface area contributed by atoms with E-state index in [0.29, 0.717) is 29.0 Å². The minimum absolute atomic E-state index is 0.0986. The van der Waals surface area contributed by atoms with E-state index < -0.39 is 11.6 Å². The minimum Gasteiger partial charge on any atom is -0.492 e. The Bertz CT molecular complexity index is 932. The molecule has 1 saturated heterocycles. The third-order valence-corrected chi connectivity index (χ3v) is 5.14. The van der Waals surface area contributed by atoms with Crippen LogP contribution in [0.1, 0.15) is 19.8 Å². The van der Waals surface area contributed by atoms with Crippen LogP contribution < -0.4 is 10.1 Å². The Morgan fingerprint density at radius 3 is 2.77 bits per heavy atom. The summed E-state index contributed by atoms with van der Waals surface area (Å²) in [6.45, 7) is 4.76. The normalized spacial score (nSPS) is 16.7. The van der Waals surface area contributed by atoms with E-state index in [1.54, 1.807) is 18.5 Å². The second-order valence-corrected chi connectivity index (χ2v) is 7.21. The van der Waals surface area contributed by atoms with E-state index >= 15 is 0 Å². The van der Waals surface area contributed by atoms with Crippen molar-refractivity contribution in [3.8, 4) is 16.9 Å². The Morgan fingerprint density at radius 2 is 1.96 bits per heavy atom. The molecule has 3 aromatic rings. The first-order valence-electron chi connectivity index (χ1n) is 8.81. The smallest absolute Gasteiger partial charge is 0.141 e. The predicted octanol–water partition coefficient (Wildman–Crippen LogP) is 4.28. The fraction of sp³-hybridized carbons (Fsp3) is 0.350. The van der Waals surface area contributed by atoms with Gasteiger partial charge in [0.25, 0.3) is 0 Å². The Kier molecular flexibility index (Phi) is 4.36. The highest BCUT2D eigenvalue weighted by Crippen LogP contribution is 2.37. The van der Waals surface area contributed by atoms with Gasteiger partial charge in [-0.05, 0) is 50.2 Å². The van der Waals surface area contributed by atoms with E-state index in [2.05, 4.69) is 22.2 Å². The first-order chi connectivity index (χ1) is 12.6. The van der Waals surface area contributed by atoms with Crippen LogP contribution in [-0.2, 0) is 0 Å². The quantitative estimate of drug-likeness (QED) is 0.733. The fourth-order valence-corrected chi connectivity index (χ4v) is 3.49. The molecule has 26 heavy (non-hydrogen) atoms. The molecular formula is C20H21F2N3O. The van der Waals surface area contributed by atoms with Crippen molar-refractivity contribution in [3.05, 3.63) is 48.3 Å². The van der Waals surface area contributed by atoms with E-state index in [0.717, 1.165) is 38.1 Å². The molecule has 0 unspecified atom stereocenters. The summed E-state index contributed by atoms with van der Waals surface area (Å²) in [5.41, 5.74) is 1.44. The molecule has 0 atom stereocenters. The summed E-state index contributed by atoms with van der Waals surface area (Å²) in [5.74, 6) is -0.327. The fourth-order valence-electron chi connectivity index (χ4n) is 3.49. The van der Waals surface area contributed by atoms with E-state index in [1.165, 1.54) is 6.07 Å². The van der Waals surface area contributed by atoms with Crippen molar-refractivity contribution in [1.82, 2.24) is 15.3 Å². The van der Waals surface area contributed by atoms with Crippen molar-refractivity contribution in [1.29, 1.82) is 0 Å². The number of aromatic amines is 1. The molecule has 0 radical (unpaired) electrons. The lowest BCUT2D eigenvalue weighted by molar-refractivity contribution is 0.124. The van der Waals surface area contributed by atoms with Crippen LogP contribution in [0.3, 0.4) is 0 Å². The maximum absolute atomic E-state index is 14.3. The average Bonchev–Trinajstić information content (AvgIpc) is 3.07. The Hall–Kier alpha value is -2.47. The van der Waals surface area contributed by atoms with Crippen LogP contribution in [0.5, 0.6) is 5.75 Å². The Balaban J connectivity index is 1.72. The molecule has 1 aliphatic heterocycles. The number of H-pyrrole nitrogens is 1. The molecule has 136 valence electrons. The number of aromatic nitrogens is 2. The molecule has 3 heterocycles. The minimum atomic E-state index is -0.482. The highest BCUT2D eigenvalue weighted by Gasteiger charge is 2.28. The summed E-state index contributed by atoms with van der Waals surface area (Å²) >= 11 is 0. The van der Waals surface area contributed by atoms with Crippen LogP contribution in [0, 0.1) is 17.0 Å². The first-order valence-corrected chi connectivity index (χ1v) is 8.81. The Morgan fingerprint density at radius 1 is 1.15 bits per heavy atom. The molecule has 1 aromatic carbocycles. The number of benzene rings is 1. The molecule has 1 aliphatic rings. The molecule has 4 rings (SSSR count). The standard InChI is InChI=1S/C20H21F2N3O/c1-20(5-8-23-9-6-20)12-26-17-4-7-24-19-18(17)15(11-25-19)14-10-13(21)2-3-16(14)22/h2-4,7,10-11,23H,5-6,8-9,12H2,1H3,(H,24,25). The third-order valence-electron chi connectivity index (χ3n) is 5.14. The number of rotatable bonds is 4. The van der Waals surface area contributed by atoms with Crippen LogP contribution in [0.25, 0.3) is 22.2 Å². The van der Waals surface area contributed by atoms with Gasteiger partial charge < -0.3 is 15.0 Å². The van der Waals surface area contributed by atoms with Crippen molar-refractivity contribution in [2.24, 2.45) is 5.41 Å². The van der Waals surface area contributed by atoms with Crippen LogP contribution in [-0.4, -0.2) is 29.7 Å². The average molecular weight is 357 g/mol. The lowest BCUT2D eigenvalue weighted by Gasteiger charge is -2.33. The zero-order valence-corrected chi connectivity index (χ0v) is 14.6. The number of hydrogen-bond acceptors (Lipinski definition) is 3. The molecule has 4 nitrogen and oxygen atoms in total. The van der Waals surface area contributed by atoms with Gasteiger partial charge in [-0.15, -0.1) is 0 Å². The van der Waals surface area contributed by atoms with Gasteiger partial charge >= 0.3 is 0 Å². The summed E-state index contributed by atoms with van der Waals surface area (Å²) in [6.07, 6.45) is 5.39. The maximum atomic E-state index is 14.3. The lowest BCUT2D eigenvalue weighted by atomic mass is 9.82. The van der Waals surface area contributed by atoms with Crippen molar-refractivity contribution in [2.45, 2.75) is 19.8 Å². The number of fused-ring (bicyclic) bond motifs is 1. The van der Waals surface area contributed by atoms with E-state index in [1.807, 2.05) is 0 Å². The third kappa shape index (κ3) is 3.17. The number of halogens is 2. The van der Waals surface area contributed by atoms with Gasteiger partial charge in [0.1, 0.15) is 23.0 Å². The number of ether oxygens (including phenoxy) is 1. The molecule has 0 bridgehead atoms. The van der Waals surface area contributed by atoms with Gasteiger partial charge in [0.05, 0.1) is 12.0 Å². The van der Waals surface area contributed by atoms with Crippen LogP contribution >= 0.6 is 0 Å². The van der Waals surface area contributed by atoms with Crippen LogP contribution in [0.4, 0.5) is 8.78 Å². The van der Waals surface area contributed by atoms with E-state index in [4.69, 9.17) is 4.74 Å². The Labute approximate surface area is 150 Å². The maximum Gasteiger partial charge on any atom is 0.141 e. The molecule has 0 spiro atoms. The van der Waals surface area contributed by atoms with Gasteiger partial charge in [-0.1, -0.05) is 6.92 Å². The predicted molar refractivity (Wildman–Crippen MR) is 97.2 cm³/mol. The van der Waals surface area contributed by atoms with Gasteiger partial charge in [-0.3, -0.25) is 0 Å². The molecule has 1 fully saturated rings. The molecule has 0 saturated carbocycles. The number of piperidine rings is 1.